The fourth-order valence-electron chi connectivity index (χ4n) is 3.68. The van der Waals surface area contributed by atoms with E-state index in [1.54, 1.807) is 7.11 Å². The zero-order valence-corrected chi connectivity index (χ0v) is 17.4. The lowest BCUT2D eigenvalue weighted by Gasteiger charge is -2.22. The van der Waals surface area contributed by atoms with E-state index in [1.165, 1.54) is 0 Å². The molecule has 7 nitrogen and oxygen atoms in total. The summed E-state index contributed by atoms with van der Waals surface area (Å²) in [7, 11) is 1.64. The number of ether oxygens (including phenoxy) is 1. The number of benzene rings is 2. The van der Waals surface area contributed by atoms with Gasteiger partial charge in [-0.25, -0.2) is 0 Å². The summed E-state index contributed by atoms with van der Waals surface area (Å²) < 4.78 is 10.6. The predicted octanol–water partition coefficient (Wildman–Crippen LogP) is 3.40. The number of nitrogens with zero attached hydrogens (tertiary/aromatic N) is 4. The Bertz CT molecular complexity index is 1000. The molecule has 2 heterocycles. The third-order valence-electron chi connectivity index (χ3n) is 5.43. The summed E-state index contributed by atoms with van der Waals surface area (Å²) >= 11 is 0. The van der Waals surface area contributed by atoms with Crippen LogP contribution in [0.3, 0.4) is 0 Å². The minimum atomic E-state index is 0.106. The maximum atomic E-state index is 12.9. The van der Waals surface area contributed by atoms with Crippen LogP contribution in [0.5, 0.6) is 5.75 Å². The first-order valence-corrected chi connectivity index (χ1v) is 10.2. The molecule has 2 aromatic carbocycles. The summed E-state index contributed by atoms with van der Waals surface area (Å²) in [6.45, 7) is 5.66. The van der Waals surface area contributed by atoms with Crippen LogP contribution >= 0.6 is 0 Å². The molecule has 1 fully saturated rings. The molecule has 0 bridgehead atoms. The number of hydrogen-bond acceptors (Lipinski definition) is 6. The normalized spacial score (nSPS) is 15.1. The fourth-order valence-corrected chi connectivity index (χ4v) is 3.68. The summed E-state index contributed by atoms with van der Waals surface area (Å²) in [5.41, 5.74) is 2.68. The smallest absolute Gasteiger partial charge is 0.254 e. The average molecular weight is 406 g/mol. The molecule has 1 aromatic heterocycles. The van der Waals surface area contributed by atoms with E-state index in [0.717, 1.165) is 48.5 Å². The van der Waals surface area contributed by atoms with Crippen LogP contribution in [-0.2, 0) is 6.54 Å². The Kier molecular flexibility index (Phi) is 6.09. The summed E-state index contributed by atoms with van der Waals surface area (Å²) in [6.07, 6.45) is 0.914. The van der Waals surface area contributed by atoms with E-state index < -0.39 is 0 Å². The topological polar surface area (TPSA) is 71.7 Å². The van der Waals surface area contributed by atoms with Gasteiger partial charge in [-0.15, -0.1) is 0 Å². The maximum absolute atomic E-state index is 12.9. The van der Waals surface area contributed by atoms with E-state index in [0.29, 0.717) is 24.8 Å². The van der Waals surface area contributed by atoms with Crippen molar-refractivity contribution >= 4 is 5.91 Å². The molecular weight excluding hydrogens is 380 g/mol. The van der Waals surface area contributed by atoms with E-state index in [4.69, 9.17) is 9.26 Å². The van der Waals surface area contributed by atoms with Gasteiger partial charge in [0.2, 0.25) is 11.7 Å². The molecular formula is C23H26N4O3. The van der Waals surface area contributed by atoms with E-state index in [1.807, 2.05) is 60.4 Å². The third-order valence-corrected chi connectivity index (χ3v) is 5.43. The van der Waals surface area contributed by atoms with Crippen LogP contribution < -0.4 is 4.74 Å². The number of methoxy groups -OCH3 is 1. The van der Waals surface area contributed by atoms with Crippen LogP contribution in [0.1, 0.15) is 28.2 Å². The quantitative estimate of drug-likeness (QED) is 0.647. The van der Waals surface area contributed by atoms with Gasteiger partial charge in [0.25, 0.3) is 5.91 Å². The first-order valence-electron chi connectivity index (χ1n) is 10.2. The number of carbonyl (C=O) groups is 1. The molecule has 0 atom stereocenters. The maximum Gasteiger partial charge on any atom is 0.254 e. The molecule has 156 valence electrons. The molecule has 1 amide bonds. The first kappa shape index (κ1) is 20.1. The molecule has 0 aliphatic carbocycles. The van der Waals surface area contributed by atoms with Crippen molar-refractivity contribution in [2.75, 3.05) is 33.3 Å². The molecule has 30 heavy (non-hydrogen) atoms. The highest BCUT2D eigenvalue weighted by molar-refractivity contribution is 5.95. The summed E-state index contributed by atoms with van der Waals surface area (Å²) in [5, 5.41) is 4.11. The van der Waals surface area contributed by atoms with Gasteiger partial charge in [0.1, 0.15) is 5.75 Å². The molecule has 0 saturated carbocycles. The second kappa shape index (κ2) is 9.09. The van der Waals surface area contributed by atoms with Crippen molar-refractivity contribution < 1.29 is 14.1 Å². The van der Waals surface area contributed by atoms with Crippen LogP contribution in [0.2, 0.25) is 0 Å². The van der Waals surface area contributed by atoms with E-state index in [2.05, 4.69) is 15.0 Å². The van der Waals surface area contributed by atoms with Crippen molar-refractivity contribution in [2.45, 2.75) is 19.9 Å². The summed E-state index contributed by atoms with van der Waals surface area (Å²) in [4.78, 5) is 21.6. The minimum Gasteiger partial charge on any atom is -0.497 e. The van der Waals surface area contributed by atoms with E-state index in [9.17, 15) is 4.79 Å². The van der Waals surface area contributed by atoms with Gasteiger partial charge in [-0.1, -0.05) is 23.4 Å². The van der Waals surface area contributed by atoms with E-state index in [-0.39, 0.29) is 5.91 Å². The van der Waals surface area contributed by atoms with Gasteiger partial charge in [0.15, 0.2) is 0 Å². The summed E-state index contributed by atoms with van der Waals surface area (Å²) in [5.74, 6) is 2.05. The first-order chi connectivity index (χ1) is 14.6. The highest BCUT2D eigenvalue weighted by Crippen LogP contribution is 2.20. The highest BCUT2D eigenvalue weighted by atomic mass is 16.5. The van der Waals surface area contributed by atoms with Gasteiger partial charge >= 0.3 is 0 Å². The fraction of sp³-hybridized carbons (Fsp3) is 0.348. The molecule has 3 aromatic rings. The zero-order valence-electron chi connectivity index (χ0n) is 17.4. The Morgan fingerprint density at radius 2 is 1.87 bits per heavy atom. The average Bonchev–Trinajstić information content (AvgIpc) is 3.11. The van der Waals surface area contributed by atoms with Gasteiger partial charge in [-0.3, -0.25) is 9.69 Å². The monoisotopic (exact) mass is 406 g/mol. The molecule has 1 aliphatic rings. The molecule has 0 radical (unpaired) electrons. The van der Waals surface area contributed by atoms with Crippen molar-refractivity contribution in [3.63, 3.8) is 0 Å². The third kappa shape index (κ3) is 4.52. The highest BCUT2D eigenvalue weighted by Gasteiger charge is 2.22. The van der Waals surface area contributed by atoms with Crippen molar-refractivity contribution in [1.82, 2.24) is 19.9 Å². The lowest BCUT2D eigenvalue weighted by atomic mass is 10.1. The molecule has 4 rings (SSSR count). The van der Waals surface area contributed by atoms with Crippen LogP contribution in [0.25, 0.3) is 11.4 Å². The molecule has 7 heteroatoms. The van der Waals surface area contributed by atoms with Crippen molar-refractivity contribution in [3.05, 3.63) is 65.5 Å². The summed E-state index contributed by atoms with van der Waals surface area (Å²) in [6, 6.07) is 15.3. The zero-order chi connectivity index (χ0) is 20.9. The van der Waals surface area contributed by atoms with Gasteiger partial charge < -0.3 is 14.2 Å². The number of rotatable bonds is 5. The van der Waals surface area contributed by atoms with Gasteiger partial charge in [0.05, 0.1) is 13.7 Å². The van der Waals surface area contributed by atoms with Crippen LogP contribution in [0, 0.1) is 6.92 Å². The van der Waals surface area contributed by atoms with Crippen molar-refractivity contribution in [3.8, 4) is 17.1 Å². The standard InChI is InChI=1S/C23H26N4O3/c1-17-6-3-4-7-20(17)23(28)27-13-5-12-26(14-15-27)16-21-24-22(25-30-21)18-8-10-19(29-2)11-9-18/h3-4,6-11H,5,12-16H2,1-2H3. The Morgan fingerprint density at radius 3 is 2.63 bits per heavy atom. The van der Waals surface area contributed by atoms with Crippen LogP contribution in [0.4, 0.5) is 0 Å². The molecule has 1 aliphatic heterocycles. The number of carbonyl (C=O) groups excluding carboxylic acids is 1. The molecule has 1 saturated heterocycles. The molecule has 0 spiro atoms. The van der Waals surface area contributed by atoms with Crippen LogP contribution in [0.15, 0.2) is 53.1 Å². The second-order valence-electron chi connectivity index (χ2n) is 7.48. The number of aromatic nitrogens is 2. The lowest BCUT2D eigenvalue weighted by Crippen LogP contribution is -2.35. The Labute approximate surface area is 176 Å². The number of amides is 1. The largest absolute Gasteiger partial charge is 0.497 e. The number of aryl methyl sites for hydroxylation is 1. The van der Waals surface area contributed by atoms with Gasteiger partial charge in [0, 0.05) is 37.3 Å². The van der Waals surface area contributed by atoms with Crippen molar-refractivity contribution in [1.29, 1.82) is 0 Å². The molecule has 0 N–H and O–H groups in total. The Balaban J connectivity index is 1.37. The van der Waals surface area contributed by atoms with Crippen LogP contribution in [-0.4, -0.2) is 59.1 Å². The van der Waals surface area contributed by atoms with E-state index >= 15 is 0 Å². The number of hydrogen-bond donors (Lipinski definition) is 0. The van der Waals surface area contributed by atoms with Gasteiger partial charge in [-0.05, 0) is 49.2 Å². The lowest BCUT2D eigenvalue weighted by molar-refractivity contribution is 0.0760. The SMILES string of the molecule is COc1ccc(-c2noc(CN3CCCN(C(=O)c4ccccc4C)CC3)n2)cc1. The minimum absolute atomic E-state index is 0.106. The van der Waals surface area contributed by atoms with Crippen molar-refractivity contribution in [2.24, 2.45) is 0 Å². The van der Waals surface area contributed by atoms with Gasteiger partial charge in [-0.2, -0.15) is 4.98 Å². The Morgan fingerprint density at radius 1 is 1.07 bits per heavy atom. The second-order valence-corrected chi connectivity index (χ2v) is 7.48. The predicted molar refractivity (Wildman–Crippen MR) is 113 cm³/mol. The Hall–Kier alpha value is -3.19. The molecule has 0 unspecified atom stereocenters.